The second kappa shape index (κ2) is 7.90. The van der Waals surface area contributed by atoms with E-state index in [4.69, 9.17) is 21.8 Å². The summed E-state index contributed by atoms with van der Waals surface area (Å²) >= 11 is 6.38. The quantitative estimate of drug-likeness (QED) is 0.445. The summed E-state index contributed by atoms with van der Waals surface area (Å²) in [6.45, 7) is 3.75. The second-order valence-electron chi connectivity index (χ2n) is 7.89. The molecule has 1 atom stereocenters. The molecule has 0 amide bonds. The van der Waals surface area contributed by atoms with Crippen molar-refractivity contribution in [2.24, 2.45) is 0 Å². The van der Waals surface area contributed by atoms with Gasteiger partial charge in [-0.1, -0.05) is 30.7 Å². The first-order chi connectivity index (χ1) is 15.5. The van der Waals surface area contributed by atoms with E-state index in [-0.39, 0.29) is 29.4 Å². The Morgan fingerprint density at radius 2 is 2.12 bits per heavy atom. The first-order valence-corrected chi connectivity index (χ1v) is 10.9. The summed E-state index contributed by atoms with van der Waals surface area (Å²) in [5, 5.41) is 13.2. The predicted molar refractivity (Wildman–Crippen MR) is 123 cm³/mol. The Bertz CT molecular complexity index is 1380. The largest absolute Gasteiger partial charge is 0.421 e. The lowest BCUT2D eigenvalue weighted by atomic mass is 10.0. The molecule has 3 heterocycles. The van der Waals surface area contributed by atoms with Crippen LogP contribution in [0, 0.1) is 6.92 Å². The molecule has 1 fully saturated rings. The number of benzene rings is 1. The molecule has 0 spiro atoms. The Balaban J connectivity index is 1.64. The molecule has 0 radical (unpaired) electrons. The van der Waals surface area contributed by atoms with Crippen LogP contribution in [0.3, 0.4) is 0 Å². The van der Waals surface area contributed by atoms with Crippen molar-refractivity contribution in [2.75, 3.05) is 11.1 Å². The monoisotopic (exact) mass is 451 g/mol. The highest BCUT2D eigenvalue weighted by Crippen LogP contribution is 2.39. The molecule has 164 valence electrons. The van der Waals surface area contributed by atoms with Gasteiger partial charge in [-0.05, 0) is 36.8 Å². The molecule has 4 aromatic rings. The van der Waals surface area contributed by atoms with E-state index in [0.29, 0.717) is 34.1 Å². The zero-order valence-electron chi connectivity index (χ0n) is 17.7. The van der Waals surface area contributed by atoms with Crippen LogP contribution in [-0.4, -0.2) is 24.7 Å². The number of nitrogens with one attached hydrogen (secondary N) is 1. The van der Waals surface area contributed by atoms with Crippen LogP contribution >= 0.6 is 11.6 Å². The van der Waals surface area contributed by atoms with Crippen LogP contribution < -0.4 is 16.6 Å². The van der Waals surface area contributed by atoms with E-state index in [2.05, 4.69) is 25.5 Å². The highest BCUT2D eigenvalue weighted by Gasteiger charge is 2.31. The highest BCUT2D eigenvalue weighted by molar-refractivity contribution is 6.35. The smallest absolute Gasteiger partial charge is 0.260 e. The summed E-state index contributed by atoms with van der Waals surface area (Å²) in [7, 11) is 0. The SMILES string of the molecule is CCC(Nc1ncnc(N)c1-c1nnc(C)o1)c1cc2cccc(Cl)c2c(=O)n1C1CC1. The molecule has 1 unspecified atom stereocenters. The van der Waals surface area contributed by atoms with E-state index in [9.17, 15) is 4.79 Å². The average molecular weight is 452 g/mol. The summed E-state index contributed by atoms with van der Waals surface area (Å²) in [6.07, 6.45) is 4.01. The topological polar surface area (TPSA) is 125 Å². The van der Waals surface area contributed by atoms with Crippen molar-refractivity contribution in [2.45, 2.75) is 45.2 Å². The van der Waals surface area contributed by atoms with E-state index < -0.39 is 0 Å². The standard InChI is InChI=1S/C22H22ClN7O2/c1-3-15(27-20-18(19(24)25-10-26-20)21-29-28-11(2)32-21)16-9-12-5-4-6-14(23)17(12)22(31)30(16)13-7-8-13/h4-6,9-10,13,15H,3,7-8H2,1-2H3,(H3,24,25,26,27). The Hall–Kier alpha value is -3.46. The summed E-state index contributed by atoms with van der Waals surface area (Å²) in [5.74, 6) is 1.35. The van der Waals surface area contributed by atoms with Crippen LogP contribution in [0.4, 0.5) is 11.6 Å². The number of rotatable bonds is 6. The van der Waals surface area contributed by atoms with E-state index in [1.165, 1.54) is 6.33 Å². The molecule has 1 aliphatic rings. The van der Waals surface area contributed by atoms with E-state index in [0.717, 1.165) is 23.9 Å². The van der Waals surface area contributed by atoms with Crippen molar-refractivity contribution < 1.29 is 4.42 Å². The molecule has 1 aliphatic carbocycles. The number of fused-ring (bicyclic) bond motifs is 1. The lowest BCUT2D eigenvalue weighted by molar-refractivity contribution is 0.532. The van der Waals surface area contributed by atoms with Gasteiger partial charge in [-0.25, -0.2) is 9.97 Å². The molecule has 3 aromatic heterocycles. The number of nitrogens with two attached hydrogens (primary N) is 1. The minimum Gasteiger partial charge on any atom is -0.421 e. The Kier molecular flexibility index (Phi) is 5.05. The number of nitrogen functional groups attached to an aromatic ring is 1. The first kappa shape index (κ1) is 20.4. The molecule has 1 saturated carbocycles. The van der Waals surface area contributed by atoms with Crippen molar-refractivity contribution >= 4 is 34.0 Å². The lowest BCUT2D eigenvalue weighted by Crippen LogP contribution is -2.27. The summed E-state index contributed by atoms with van der Waals surface area (Å²) < 4.78 is 7.45. The Labute approximate surface area is 188 Å². The van der Waals surface area contributed by atoms with Gasteiger partial charge in [-0.2, -0.15) is 0 Å². The molecule has 0 bridgehead atoms. The predicted octanol–water partition coefficient (Wildman–Crippen LogP) is 4.28. The van der Waals surface area contributed by atoms with Crippen molar-refractivity contribution in [3.05, 3.63) is 57.6 Å². The molecule has 9 nitrogen and oxygen atoms in total. The van der Waals surface area contributed by atoms with Gasteiger partial charge in [0.15, 0.2) is 0 Å². The molecule has 0 saturated heterocycles. The number of aryl methyl sites for hydroxylation is 1. The molecule has 1 aromatic carbocycles. The first-order valence-electron chi connectivity index (χ1n) is 10.5. The molecular formula is C22H22ClN7O2. The van der Waals surface area contributed by atoms with E-state index >= 15 is 0 Å². The average Bonchev–Trinajstić information content (AvgIpc) is 3.51. The summed E-state index contributed by atoms with van der Waals surface area (Å²) in [6, 6.07) is 7.49. The number of halogens is 1. The van der Waals surface area contributed by atoms with Gasteiger partial charge in [0.1, 0.15) is 23.5 Å². The third-order valence-corrected chi connectivity index (χ3v) is 5.98. The maximum atomic E-state index is 13.4. The molecule has 3 N–H and O–H groups in total. The van der Waals surface area contributed by atoms with Gasteiger partial charge in [0.25, 0.3) is 11.4 Å². The third kappa shape index (κ3) is 3.48. The van der Waals surface area contributed by atoms with Gasteiger partial charge in [0.05, 0.1) is 16.5 Å². The van der Waals surface area contributed by atoms with Crippen molar-refractivity contribution in [3.63, 3.8) is 0 Å². The normalized spacial score (nSPS) is 14.6. The van der Waals surface area contributed by atoms with Gasteiger partial charge in [-0.3, -0.25) is 4.79 Å². The van der Waals surface area contributed by atoms with Crippen LogP contribution in [0.1, 0.15) is 49.9 Å². The fraction of sp³-hybridized carbons (Fsp3) is 0.318. The fourth-order valence-electron chi connectivity index (χ4n) is 4.00. The van der Waals surface area contributed by atoms with Crippen molar-refractivity contribution in [1.29, 1.82) is 0 Å². The van der Waals surface area contributed by atoms with E-state index in [1.807, 2.05) is 29.7 Å². The Morgan fingerprint density at radius 1 is 1.31 bits per heavy atom. The van der Waals surface area contributed by atoms with Crippen LogP contribution in [-0.2, 0) is 0 Å². The van der Waals surface area contributed by atoms with Crippen LogP contribution in [0.2, 0.25) is 5.02 Å². The van der Waals surface area contributed by atoms with E-state index in [1.54, 1.807) is 13.0 Å². The van der Waals surface area contributed by atoms with Gasteiger partial charge in [-0.15, -0.1) is 10.2 Å². The number of anilines is 2. The number of hydrogen-bond acceptors (Lipinski definition) is 8. The van der Waals surface area contributed by atoms with Gasteiger partial charge < -0.3 is 20.0 Å². The maximum Gasteiger partial charge on any atom is 0.260 e. The third-order valence-electron chi connectivity index (χ3n) is 5.66. The molecule has 0 aliphatic heterocycles. The molecule has 10 heteroatoms. The fourth-order valence-corrected chi connectivity index (χ4v) is 4.26. The van der Waals surface area contributed by atoms with Gasteiger partial charge >= 0.3 is 0 Å². The number of aromatic nitrogens is 5. The zero-order chi connectivity index (χ0) is 22.4. The van der Waals surface area contributed by atoms with Crippen LogP contribution in [0.15, 0.2) is 39.8 Å². The second-order valence-corrected chi connectivity index (χ2v) is 8.30. The van der Waals surface area contributed by atoms with Crippen molar-refractivity contribution in [3.8, 4) is 11.5 Å². The number of pyridine rings is 1. The maximum absolute atomic E-state index is 13.4. The molecular weight excluding hydrogens is 430 g/mol. The van der Waals surface area contributed by atoms with Gasteiger partial charge in [0.2, 0.25) is 5.89 Å². The molecule has 5 rings (SSSR count). The zero-order valence-corrected chi connectivity index (χ0v) is 18.4. The summed E-state index contributed by atoms with van der Waals surface area (Å²) in [4.78, 5) is 21.9. The van der Waals surface area contributed by atoms with Crippen molar-refractivity contribution in [1.82, 2.24) is 24.7 Å². The molecule has 32 heavy (non-hydrogen) atoms. The Morgan fingerprint density at radius 3 is 2.81 bits per heavy atom. The number of nitrogens with zero attached hydrogens (tertiary/aromatic N) is 5. The minimum atomic E-state index is -0.219. The minimum absolute atomic E-state index is 0.0687. The lowest BCUT2D eigenvalue weighted by Gasteiger charge is -2.24. The van der Waals surface area contributed by atoms with Crippen LogP contribution in [0.5, 0.6) is 0 Å². The highest BCUT2D eigenvalue weighted by atomic mass is 35.5. The van der Waals surface area contributed by atoms with Gasteiger partial charge in [0, 0.05) is 18.7 Å². The van der Waals surface area contributed by atoms with Crippen LogP contribution in [0.25, 0.3) is 22.2 Å². The summed E-state index contributed by atoms with van der Waals surface area (Å²) in [5.41, 5.74) is 7.38. The number of hydrogen-bond donors (Lipinski definition) is 2.